The number of hydrogen-bond donors (Lipinski definition) is 1. The number of methoxy groups -OCH3 is 1. The molecule has 0 spiro atoms. The molecule has 2 aromatic heterocycles. The van der Waals surface area contributed by atoms with Gasteiger partial charge in [-0.25, -0.2) is 4.79 Å². The van der Waals surface area contributed by atoms with Crippen LogP contribution >= 0.6 is 11.3 Å². The number of hydrogen-bond acceptors (Lipinski definition) is 4. The van der Waals surface area contributed by atoms with Crippen molar-refractivity contribution >= 4 is 23.1 Å². The van der Waals surface area contributed by atoms with Crippen LogP contribution in [0.5, 0.6) is 11.5 Å². The highest BCUT2D eigenvalue weighted by Crippen LogP contribution is 2.44. The maximum atomic E-state index is 14.0. The fraction of sp³-hybridized carbons (Fsp3) is 0.300. The lowest BCUT2D eigenvalue weighted by Gasteiger charge is -2.31. The molecule has 0 fully saturated rings. The zero-order valence-electron chi connectivity index (χ0n) is 21.2. The number of benzene rings is 2. The number of carbonyl (C=O) groups excluding carboxylic acids is 1. The number of aromatic nitrogens is 1. The minimum atomic E-state index is -0.248. The van der Waals surface area contributed by atoms with Gasteiger partial charge in [0.1, 0.15) is 16.5 Å². The van der Waals surface area contributed by atoms with Gasteiger partial charge in [0.2, 0.25) is 0 Å². The van der Waals surface area contributed by atoms with Crippen LogP contribution in [0.1, 0.15) is 53.1 Å². The van der Waals surface area contributed by atoms with Gasteiger partial charge < -0.3 is 24.3 Å². The lowest BCUT2D eigenvalue weighted by Crippen LogP contribution is -2.38. The fourth-order valence-electron chi connectivity index (χ4n) is 5.52. The smallest absolute Gasteiger partial charge is 0.322 e. The Hall–Kier alpha value is -3.71. The van der Waals surface area contributed by atoms with Crippen LogP contribution in [-0.2, 0) is 19.4 Å². The quantitative estimate of drug-likeness (QED) is 0.314. The number of nitrogens with zero attached hydrogens (tertiary/aromatic N) is 2. The number of ether oxygens (including phenoxy) is 2. The molecule has 1 aliphatic carbocycles. The van der Waals surface area contributed by atoms with Gasteiger partial charge in [-0.1, -0.05) is 12.1 Å². The van der Waals surface area contributed by atoms with Crippen molar-refractivity contribution in [2.24, 2.45) is 0 Å². The van der Waals surface area contributed by atoms with E-state index in [2.05, 4.69) is 40.3 Å². The summed E-state index contributed by atoms with van der Waals surface area (Å²) in [6.07, 6.45) is 6.79. The van der Waals surface area contributed by atoms with Gasteiger partial charge in [0.05, 0.1) is 32.0 Å². The van der Waals surface area contributed by atoms with Crippen molar-refractivity contribution < 1.29 is 14.3 Å². The second-order valence-corrected chi connectivity index (χ2v) is 10.6. The normalized spacial score (nSPS) is 16.3. The maximum Gasteiger partial charge on any atom is 0.322 e. The highest BCUT2D eigenvalue weighted by Gasteiger charge is 2.36. The lowest BCUT2D eigenvalue weighted by molar-refractivity contribution is 0.194. The van der Waals surface area contributed by atoms with Gasteiger partial charge in [0.25, 0.3) is 0 Å². The molecule has 1 N–H and O–H groups in total. The minimum absolute atomic E-state index is 0.124. The van der Waals surface area contributed by atoms with Gasteiger partial charge in [-0.2, -0.15) is 0 Å². The maximum absolute atomic E-state index is 14.0. The van der Waals surface area contributed by atoms with E-state index in [0.29, 0.717) is 13.2 Å². The van der Waals surface area contributed by atoms with Crippen LogP contribution in [0.25, 0.3) is 5.00 Å². The Balaban J connectivity index is 1.43. The molecule has 37 heavy (non-hydrogen) atoms. The number of amides is 2. The lowest BCUT2D eigenvalue weighted by atomic mass is 9.95. The summed E-state index contributed by atoms with van der Waals surface area (Å²) in [6.45, 7) is 3.12. The van der Waals surface area contributed by atoms with Gasteiger partial charge in [-0.3, -0.25) is 0 Å². The van der Waals surface area contributed by atoms with E-state index in [1.807, 2.05) is 59.6 Å². The zero-order valence-corrected chi connectivity index (χ0v) is 22.0. The van der Waals surface area contributed by atoms with E-state index in [-0.39, 0.29) is 12.1 Å². The average Bonchev–Trinajstić information content (AvgIpc) is 3.52. The highest BCUT2D eigenvalue weighted by molar-refractivity contribution is 7.15. The second kappa shape index (κ2) is 9.98. The summed E-state index contributed by atoms with van der Waals surface area (Å²) in [5.41, 5.74) is 5.61. The van der Waals surface area contributed by atoms with Crippen molar-refractivity contribution in [2.45, 2.75) is 45.2 Å². The molecule has 0 radical (unpaired) electrons. The van der Waals surface area contributed by atoms with Crippen molar-refractivity contribution in [1.29, 1.82) is 0 Å². The third kappa shape index (κ3) is 4.37. The van der Waals surface area contributed by atoms with Crippen LogP contribution in [0.4, 0.5) is 10.5 Å². The van der Waals surface area contributed by atoms with E-state index >= 15 is 0 Å². The first-order valence-electron chi connectivity index (χ1n) is 12.9. The van der Waals surface area contributed by atoms with Crippen LogP contribution in [-0.4, -0.2) is 29.2 Å². The molecule has 0 bridgehead atoms. The number of aryl methyl sites for hydroxylation is 1. The number of nitrogens with one attached hydrogen (secondary N) is 1. The summed E-state index contributed by atoms with van der Waals surface area (Å²) < 4.78 is 13.3. The van der Waals surface area contributed by atoms with Gasteiger partial charge in [-0.15, -0.1) is 11.3 Å². The summed E-state index contributed by atoms with van der Waals surface area (Å²) in [4.78, 5) is 17.5. The number of anilines is 1. The van der Waals surface area contributed by atoms with Gasteiger partial charge >= 0.3 is 6.03 Å². The SMILES string of the molecule is CCOc1ccc(NC(=O)N2Cc3c(sc4c3CCCC4)-n3cccc3[C@H]2c2ccc(OC)cc2)cc1. The molecule has 0 saturated carbocycles. The van der Waals surface area contributed by atoms with Gasteiger partial charge in [-0.05, 0) is 92.3 Å². The Bertz CT molecular complexity index is 1410. The van der Waals surface area contributed by atoms with Crippen molar-refractivity contribution in [1.82, 2.24) is 9.47 Å². The number of rotatable bonds is 5. The first kappa shape index (κ1) is 23.7. The molecular weight excluding hydrogens is 482 g/mol. The minimum Gasteiger partial charge on any atom is -0.497 e. The van der Waals surface area contributed by atoms with Crippen molar-refractivity contribution in [2.75, 3.05) is 19.0 Å². The molecular formula is C30H31N3O3S. The summed E-state index contributed by atoms with van der Waals surface area (Å²) >= 11 is 1.90. The third-order valence-electron chi connectivity index (χ3n) is 7.29. The van der Waals surface area contributed by atoms with Crippen LogP contribution in [0.3, 0.4) is 0 Å². The Morgan fingerprint density at radius 1 is 1.00 bits per heavy atom. The zero-order chi connectivity index (χ0) is 25.4. The van der Waals surface area contributed by atoms with Crippen LogP contribution < -0.4 is 14.8 Å². The van der Waals surface area contributed by atoms with Crippen molar-refractivity contribution in [3.05, 3.63) is 94.1 Å². The van der Waals surface area contributed by atoms with E-state index in [9.17, 15) is 4.79 Å². The molecule has 2 aromatic carbocycles. The fourth-order valence-corrected chi connectivity index (χ4v) is 6.92. The summed E-state index contributed by atoms with van der Waals surface area (Å²) in [5.74, 6) is 1.59. The summed E-state index contributed by atoms with van der Waals surface area (Å²) in [7, 11) is 1.67. The van der Waals surface area contributed by atoms with E-state index in [4.69, 9.17) is 9.47 Å². The summed E-state index contributed by atoms with van der Waals surface area (Å²) in [6, 6.07) is 19.5. The first-order chi connectivity index (χ1) is 18.2. The number of carbonyl (C=O) groups is 1. The van der Waals surface area contributed by atoms with Crippen molar-refractivity contribution in [3.8, 4) is 16.5 Å². The first-order valence-corrected chi connectivity index (χ1v) is 13.7. The molecule has 1 atom stereocenters. The standard InChI is InChI=1S/C30H31N3O3S/c1-3-36-23-16-12-21(13-17-23)31-30(34)33-19-25-24-7-4-5-9-27(24)37-29(25)32-18-6-8-26(32)28(33)20-10-14-22(35-2)15-11-20/h6,8,10-18,28H,3-5,7,9,19H2,1-2H3,(H,31,34)/t28-/m1/s1. The van der Waals surface area contributed by atoms with Gasteiger partial charge in [0, 0.05) is 22.3 Å². The van der Waals surface area contributed by atoms with Crippen LogP contribution in [0, 0.1) is 0 Å². The Labute approximate surface area is 221 Å². The van der Waals surface area contributed by atoms with E-state index in [1.54, 1.807) is 7.11 Å². The highest BCUT2D eigenvalue weighted by atomic mass is 32.1. The molecule has 0 saturated heterocycles. The van der Waals surface area contributed by atoms with Crippen molar-refractivity contribution in [3.63, 3.8) is 0 Å². The monoisotopic (exact) mass is 513 g/mol. The molecule has 1 aliphatic heterocycles. The van der Waals surface area contributed by atoms with Crippen LogP contribution in [0.2, 0.25) is 0 Å². The molecule has 2 amide bonds. The molecule has 7 heteroatoms. The molecule has 2 aliphatic rings. The second-order valence-electron chi connectivity index (χ2n) is 9.49. The predicted octanol–water partition coefficient (Wildman–Crippen LogP) is 6.96. The molecule has 190 valence electrons. The van der Waals surface area contributed by atoms with E-state index < -0.39 is 0 Å². The largest absolute Gasteiger partial charge is 0.497 e. The number of thiophene rings is 1. The number of urea groups is 1. The molecule has 6 rings (SSSR count). The Morgan fingerprint density at radius 3 is 2.51 bits per heavy atom. The molecule has 6 nitrogen and oxygen atoms in total. The third-order valence-corrected chi connectivity index (χ3v) is 8.62. The molecule has 4 aromatic rings. The molecule has 3 heterocycles. The van der Waals surface area contributed by atoms with E-state index in [1.165, 1.54) is 33.8 Å². The van der Waals surface area contributed by atoms with Gasteiger partial charge in [0.15, 0.2) is 0 Å². The Kier molecular flexibility index (Phi) is 6.38. The average molecular weight is 514 g/mol. The molecule has 0 unspecified atom stereocenters. The van der Waals surface area contributed by atoms with Crippen LogP contribution in [0.15, 0.2) is 66.9 Å². The number of fused-ring (bicyclic) bond motifs is 5. The topological polar surface area (TPSA) is 55.7 Å². The Morgan fingerprint density at radius 2 is 1.76 bits per heavy atom. The van der Waals surface area contributed by atoms with E-state index in [0.717, 1.165) is 41.3 Å². The summed E-state index contributed by atoms with van der Waals surface area (Å²) in [5, 5.41) is 4.41. The predicted molar refractivity (Wildman–Crippen MR) is 147 cm³/mol.